The molecule has 0 aliphatic heterocycles. The molecule has 130 valence electrons. The molecule has 24 heavy (non-hydrogen) atoms. The van der Waals surface area contributed by atoms with E-state index in [0.717, 1.165) is 15.5 Å². The second-order valence-corrected chi connectivity index (χ2v) is 7.74. The number of benzene rings is 2. The molecule has 0 amide bonds. The Hall–Kier alpha value is -1.34. The third-order valence-electron chi connectivity index (χ3n) is 3.38. The molecule has 0 aliphatic rings. The summed E-state index contributed by atoms with van der Waals surface area (Å²) < 4.78 is 0. The van der Waals surface area contributed by atoms with E-state index in [4.69, 9.17) is 0 Å². The molecule has 0 heterocycles. The first kappa shape index (κ1) is 19.0. The third kappa shape index (κ3) is 7.05. The number of aliphatic hydroxyl groups is 2. The van der Waals surface area contributed by atoms with E-state index in [1.54, 1.807) is 48.2 Å². The number of phenols is 2. The molecule has 0 aromatic heterocycles. The highest BCUT2D eigenvalue weighted by atomic mass is 32.2. The van der Waals surface area contributed by atoms with Gasteiger partial charge in [0.1, 0.15) is 11.5 Å². The van der Waals surface area contributed by atoms with Crippen molar-refractivity contribution < 1.29 is 20.4 Å². The predicted molar refractivity (Wildman–Crippen MR) is 98.9 cm³/mol. The van der Waals surface area contributed by atoms with Crippen LogP contribution in [-0.2, 0) is 0 Å². The van der Waals surface area contributed by atoms with Crippen molar-refractivity contribution in [3.8, 4) is 11.5 Å². The fourth-order valence-corrected chi connectivity index (χ4v) is 3.89. The maximum atomic E-state index is 10.0. The van der Waals surface area contributed by atoms with Gasteiger partial charge in [0, 0.05) is 27.7 Å². The molecule has 2 rings (SSSR count). The van der Waals surface area contributed by atoms with E-state index in [-0.39, 0.29) is 11.5 Å². The first-order chi connectivity index (χ1) is 11.5. The van der Waals surface area contributed by atoms with Crippen LogP contribution in [0, 0.1) is 0 Å². The van der Waals surface area contributed by atoms with E-state index < -0.39 is 12.2 Å². The quantitative estimate of drug-likeness (QED) is 0.509. The van der Waals surface area contributed by atoms with Crippen LogP contribution in [0.2, 0.25) is 0 Å². The van der Waals surface area contributed by atoms with Gasteiger partial charge >= 0.3 is 0 Å². The molecule has 2 atom stereocenters. The highest BCUT2D eigenvalue weighted by molar-refractivity contribution is 7.99. The molecular weight excluding hydrogens is 344 g/mol. The molecular formula is C18H22O4S2. The van der Waals surface area contributed by atoms with Crippen LogP contribution in [0.4, 0.5) is 0 Å². The van der Waals surface area contributed by atoms with Crippen molar-refractivity contribution in [1.29, 1.82) is 0 Å². The second-order valence-electron chi connectivity index (χ2n) is 5.48. The number of phenolic OH excluding ortho intramolecular Hbond substituents is 2. The Morgan fingerprint density at radius 2 is 1.21 bits per heavy atom. The van der Waals surface area contributed by atoms with E-state index >= 15 is 0 Å². The second kappa shape index (κ2) is 9.84. The van der Waals surface area contributed by atoms with Gasteiger partial charge in [-0.1, -0.05) is 0 Å². The van der Waals surface area contributed by atoms with Crippen molar-refractivity contribution >= 4 is 23.5 Å². The molecule has 0 radical (unpaired) electrons. The number of hydrogen-bond acceptors (Lipinski definition) is 6. The topological polar surface area (TPSA) is 80.9 Å². The lowest BCUT2D eigenvalue weighted by Gasteiger charge is -2.15. The Bertz CT molecular complexity index is 601. The van der Waals surface area contributed by atoms with Crippen LogP contribution < -0.4 is 0 Å². The third-order valence-corrected chi connectivity index (χ3v) is 5.58. The molecule has 0 saturated heterocycles. The average molecular weight is 367 g/mol. The Morgan fingerprint density at radius 3 is 1.75 bits per heavy atom. The van der Waals surface area contributed by atoms with Gasteiger partial charge in [-0.3, -0.25) is 0 Å². The minimum Gasteiger partial charge on any atom is -0.508 e. The molecule has 0 saturated carbocycles. The van der Waals surface area contributed by atoms with Gasteiger partial charge in [-0.2, -0.15) is 0 Å². The summed E-state index contributed by atoms with van der Waals surface area (Å²) in [4.78, 5) is 2.02. The Kier molecular flexibility index (Phi) is 7.78. The average Bonchev–Trinajstić information content (AvgIpc) is 2.56. The van der Waals surface area contributed by atoms with Gasteiger partial charge in [-0.05, 0) is 55.0 Å². The largest absolute Gasteiger partial charge is 0.508 e. The molecule has 0 fully saturated rings. The van der Waals surface area contributed by atoms with Gasteiger partial charge in [-0.25, -0.2) is 0 Å². The predicted octanol–water partition coefficient (Wildman–Crippen LogP) is 3.48. The minimum absolute atomic E-state index is 0.224. The smallest absolute Gasteiger partial charge is 0.115 e. The van der Waals surface area contributed by atoms with Gasteiger partial charge < -0.3 is 20.4 Å². The number of hydrogen-bond donors (Lipinski definition) is 4. The SMILES string of the molecule is Oc1ccc(SCCC(O)CC(O)CSc2ccc(O)cc2)cc1. The Balaban J connectivity index is 1.63. The van der Waals surface area contributed by atoms with E-state index in [1.807, 2.05) is 12.1 Å². The van der Waals surface area contributed by atoms with Crippen molar-refractivity contribution in [2.45, 2.75) is 34.8 Å². The van der Waals surface area contributed by atoms with E-state index in [9.17, 15) is 20.4 Å². The van der Waals surface area contributed by atoms with Crippen LogP contribution in [0.25, 0.3) is 0 Å². The van der Waals surface area contributed by atoms with Gasteiger partial charge in [0.05, 0.1) is 12.2 Å². The van der Waals surface area contributed by atoms with Crippen LogP contribution in [0.1, 0.15) is 12.8 Å². The molecule has 2 aromatic rings. The highest BCUT2D eigenvalue weighted by Gasteiger charge is 2.12. The molecule has 0 bridgehead atoms. The van der Waals surface area contributed by atoms with Crippen LogP contribution in [-0.4, -0.2) is 44.1 Å². The van der Waals surface area contributed by atoms with Crippen molar-refractivity contribution in [2.24, 2.45) is 0 Å². The lowest BCUT2D eigenvalue weighted by molar-refractivity contribution is 0.0913. The Labute approximate surface area is 150 Å². The molecule has 2 unspecified atom stereocenters. The first-order valence-electron chi connectivity index (χ1n) is 7.72. The molecule has 4 N–H and O–H groups in total. The molecule has 0 aliphatic carbocycles. The van der Waals surface area contributed by atoms with Crippen LogP contribution in [0.3, 0.4) is 0 Å². The van der Waals surface area contributed by atoms with Gasteiger partial charge in [-0.15, -0.1) is 23.5 Å². The zero-order chi connectivity index (χ0) is 17.4. The summed E-state index contributed by atoms with van der Waals surface area (Å²) in [5, 5.41) is 38.5. The molecule has 6 heteroatoms. The Morgan fingerprint density at radius 1 is 0.708 bits per heavy atom. The van der Waals surface area contributed by atoms with Crippen LogP contribution in [0.15, 0.2) is 58.3 Å². The zero-order valence-corrected chi connectivity index (χ0v) is 14.8. The molecule has 2 aromatic carbocycles. The van der Waals surface area contributed by atoms with Crippen LogP contribution in [0.5, 0.6) is 11.5 Å². The van der Waals surface area contributed by atoms with Crippen LogP contribution >= 0.6 is 23.5 Å². The van der Waals surface area contributed by atoms with Gasteiger partial charge in [0.15, 0.2) is 0 Å². The molecule has 4 nitrogen and oxygen atoms in total. The number of aromatic hydroxyl groups is 2. The fraction of sp³-hybridized carbons (Fsp3) is 0.333. The van der Waals surface area contributed by atoms with E-state index in [1.165, 1.54) is 11.8 Å². The molecule has 0 spiro atoms. The number of rotatable bonds is 9. The zero-order valence-electron chi connectivity index (χ0n) is 13.2. The monoisotopic (exact) mass is 366 g/mol. The fourth-order valence-electron chi connectivity index (χ4n) is 2.09. The van der Waals surface area contributed by atoms with Gasteiger partial charge in [0.2, 0.25) is 0 Å². The maximum absolute atomic E-state index is 10.0. The van der Waals surface area contributed by atoms with Gasteiger partial charge in [0.25, 0.3) is 0 Å². The summed E-state index contributed by atoms with van der Waals surface area (Å²) in [6.07, 6.45) is -0.157. The van der Waals surface area contributed by atoms with Crippen molar-refractivity contribution in [2.75, 3.05) is 11.5 Å². The standard InChI is InChI=1S/C18H22O4S2/c19-13-1-5-17(6-2-13)23-10-9-15(21)11-16(22)12-24-18-7-3-14(20)4-8-18/h1-8,15-16,19-22H,9-12H2. The number of thioether (sulfide) groups is 2. The number of aliphatic hydroxyl groups excluding tert-OH is 2. The lowest BCUT2D eigenvalue weighted by atomic mass is 10.1. The first-order valence-corrected chi connectivity index (χ1v) is 9.70. The summed E-state index contributed by atoms with van der Waals surface area (Å²) >= 11 is 3.11. The highest BCUT2D eigenvalue weighted by Crippen LogP contribution is 2.24. The summed E-state index contributed by atoms with van der Waals surface area (Å²) in [5.74, 6) is 1.73. The maximum Gasteiger partial charge on any atom is 0.115 e. The normalized spacial score (nSPS) is 13.6. The van der Waals surface area contributed by atoms with E-state index in [0.29, 0.717) is 18.6 Å². The lowest BCUT2D eigenvalue weighted by Crippen LogP contribution is -2.20. The summed E-state index contributed by atoms with van der Waals surface area (Å²) in [6.45, 7) is 0. The van der Waals surface area contributed by atoms with E-state index in [2.05, 4.69) is 0 Å². The minimum atomic E-state index is -0.572. The van der Waals surface area contributed by atoms with Crippen molar-refractivity contribution in [3.05, 3.63) is 48.5 Å². The summed E-state index contributed by atoms with van der Waals surface area (Å²) in [7, 11) is 0. The summed E-state index contributed by atoms with van der Waals surface area (Å²) in [5.41, 5.74) is 0. The van der Waals surface area contributed by atoms with Crippen molar-refractivity contribution in [3.63, 3.8) is 0 Å². The van der Waals surface area contributed by atoms with Crippen molar-refractivity contribution in [1.82, 2.24) is 0 Å². The summed E-state index contributed by atoms with van der Waals surface area (Å²) in [6, 6.07) is 13.8.